The third-order valence-corrected chi connectivity index (χ3v) is 3.51. The quantitative estimate of drug-likeness (QED) is 0.466. The van der Waals surface area contributed by atoms with Crippen LogP contribution in [-0.4, -0.2) is 44.4 Å². The van der Waals surface area contributed by atoms with Crippen molar-refractivity contribution in [1.82, 2.24) is 20.0 Å². The monoisotopic (exact) mass is 346 g/mol. The van der Waals surface area contributed by atoms with E-state index in [0.717, 1.165) is 9.80 Å². The fraction of sp³-hybridized carbons (Fsp3) is 0.133. The Kier molecular flexibility index (Phi) is 4.13. The first-order chi connectivity index (χ1) is 11.5. The molecule has 1 aromatic carbocycles. The Morgan fingerprint density at radius 1 is 1.17 bits per heavy atom. The highest BCUT2D eigenvalue weighted by atomic mass is 35.5. The van der Waals surface area contributed by atoms with Crippen LogP contribution in [0.2, 0.25) is 5.02 Å². The molecule has 0 unspecified atom stereocenters. The van der Waals surface area contributed by atoms with Crippen LogP contribution in [0.4, 0.5) is 4.79 Å². The first-order valence-electron chi connectivity index (χ1n) is 6.88. The average Bonchev–Trinajstić information content (AvgIpc) is 3.11. The van der Waals surface area contributed by atoms with Gasteiger partial charge >= 0.3 is 17.8 Å². The Bertz CT molecular complexity index is 848. The summed E-state index contributed by atoms with van der Waals surface area (Å²) in [7, 11) is 0. The normalized spacial score (nSPS) is 14.6. The molecule has 1 aromatic heterocycles. The van der Waals surface area contributed by atoms with Crippen molar-refractivity contribution in [2.24, 2.45) is 0 Å². The minimum absolute atomic E-state index is 0.0277. The van der Waals surface area contributed by atoms with Crippen molar-refractivity contribution in [3.63, 3.8) is 0 Å². The lowest BCUT2D eigenvalue weighted by Gasteiger charge is -2.11. The third-order valence-electron chi connectivity index (χ3n) is 3.28. The van der Waals surface area contributed by atoms with E-state index in [4.69, 9.17) is 16.0 Å². The second kappa shape index (κ2) is 6.25. The molecule has 0 aliphatic carbocycles. The molecule has 3 rings (SSSR count). The first kappa shape index (κ1) is 15.9. The number of halogens is 1. The molecule has 0 N–H and O–H groups in total. The van der Waals surface area contributed by atoms with Gasteiger partial charge in [0.1, 0.15) is 6.54 Å². The number of benzene rings is 1. The lowest BCUT2D eigenvalue weighted by atomic mass is 10.2. The second-order valence-electron chi connectivity index (χ2n) is 4.89. The molecule has 0 atom stereocenters. The fourth-order valence-corrected chi connectivity index (χ4v) is 2.36. The summed E-state index contributed by atoms with van der Waals surface area (Å²) in [4.78, 5) is 37.3. The molecule has 1 fully saturated rings. The summed E-state index contributed by atoms with van der Waals surface area (Å²) < 4.78 is 5.44. The van der Waals surface area contributed by atoms with Crippen molar-refractivity contribution in [1.29, 1.82) is 0 Å². The average molecular weight is 347 g/mol. The Labute approximate surface area is 141 Å². The number of rotatable bonds is 5. The topological polar surface area (TPSA) is 96.6 Å². The van der Waals surface area contributed by atoms with E-state index in [9.17, 15) is 14.4 Å². The van der Waals surface area contributed by atoms with E-state index in [-0.39, 0.29) is 24.9 Å². The van der Waals surface area contributed by atoms with E-state index < -0.39 is 17.8 Å². The van der Waals surface area contributed by atoms with Crippen molar-refractivity contribution in [3.8, 4) is 11.5 Å². The van der Waals surface area contributed by atoms with Crippen LogP contribution in [-0.2, 0) is 16.1 Å². The standard InChI is InChI=1S/C15H11ClN4O4/c1-2-6-19-13(21)14(22)20(15(19)23)8-11-17-18-12(24-11)9-4-3-5-10(16)7-9/h2-5,7H,1,6,8H2. The number of aromatic nitrogens is 2. The second-order valence-corrected chi connectivity index (χ2v) is 5.33. The molecule has 2 heterocycles. The van der Waals surface area contributed by atoms with Gasteiger partial charge in [0.05, 0.1) is 0 Å². The van der Waals surface area contributed by atoms with Crippen molar-refractivity contribution in [2.75, 3.05) is 6.54 Å². The van der Waals surface area contributed by atoms with Gasteiger partial charge in [-0.3, -0.25) is 14.5 Å². The molecular weight excluding hydrogens is 336 g/mol. The highest BCUT2D eigenvalue weighted by Crippen LogP contribution is 2.22. The molecule has 24 heavy (non-hydrogen) atoms. The molecule has 1 aliphatic heterocycles. The Morgan fingerprint density at radius 3 is 2.62 bits per heavy atom. The van der Waals surface area contributed by atoms with Gasteiger partial charge in [0.15, 0.2) is 0 Å². The van der Waals surface area contributed by atoms with E-state index in [1.54, 1.807) is 24.3 Å². The number of nitrogens with zero attached hydrogens (tertiary/aromatic N) is 4. The Hall–Kier alpha value is -3.00. The lowest BCUT2D eigenvalue weighted by Crippen LogP contribution is -2.33. The molecule has 4 amide bonds. The maximum Gasteiger partial charge on any atom is 0.335 e. The summed E-state index contributed by atoms with van der Waals surface area (Å²) in [5, 5.41) is 8.15. The molecular formula is C15H11ClN4O4. The van der Waals surface area contributed by atoms with E-state index in [0.29, 0.717) is 10.6 Å². The van der Waals surface area contributed by atoms with E-state index in [2.05, 4.69) is 16.8 Å². The van der Waals surface area contributed by atoms with Crippen molar-refractivity contribution in [2.45, 2.75) is 6.54 Å². The highest BCUT2D eigenvalue weighted by molar-refractivity contribution is 6.44. The van der Waals surface area contributed by atoms with Gasteiger partial charge in [0.25, 0.3) is 0 Å². The molecule has 9 heteroatoms. The van der Waals surface area contributed by atoms with Crippen LogP contribution in [0.5, 0.6) is 0 Å². The predicted molar refractivity (Wildman–Crippen MR) is 82.6 cm³/mol. The Balaban J connectivity index is 1.80. The van der Waals surface area contributed by atoms with E-state index >= 15 is 0 Å². The molecule has 1 saturated heterocycles. The van der Waals surface area contributed by atoms with Crippen LogP contribution < -0.4 is 0 Å². The molecule has 122 valence electrons. The van der Waals surface area contributed by atoms with Gasteiger partial charge in [-0.2, -0.15) is 0 Å². The van der Waals surface area contributed by atoms with Gasteiger partial charge in [-0.25, -0.2) is 9.69 Å². The van der Waals surface area contributed by atoms with Crippen LogP contribution in [0.25, 0.3) is 11.5 Å². The summed E-state index contributed by atoms with van der Waals surface area (Å²) in [6.45, 7) is 3.11. The van der Waals surface area contributed by atoms with E-state index in [1.807, 2.05) is 0 Å². The number of carbonyl (C=O) groups is 3. The zero-order valence-corrected chi connectivity index (χ0v) is 13.1. The Morgan fingerprint density at radius 2 is 1.92 bits per heavy atom. The van der Waals surface area contributed by atoms with Crippen LogP contribution in [0.15, 0.2) is 41.3 Å². The molecule has 2 aromatic rings. The zero-order chi connectivity index (χ0) is 17.3. The minimum Gasteiger partial charge on any atom is -0.419 e. The number of amides is 4. The van der Waals surface area contributed by atoms with E-state index in [1.165, 1.54) is 6.08 Å². The molecule has 1 aliphatic rings. The van der Waals surface area contributed by atoms with Gasteiger partial charge in [0, 0.05) is 17.1 Å². The molecule has 8 nitrogen and oxygen atoms in total. The molecule has 0 saturated carbocycles. The summed E-state index contributed by atoms with van der Waals surface area (Å²) >= 11 is 5.90. The summed E-state index contributed by atoms with van der Waals surface area (Å²) in [6.07, 6.45) is 1.36. The fourth-order valence-electron chi connectivity index (χ4n) is 2.17. The largest absolute Gasteiger partial charge is 0.419 e. The van der Waals surface area contributed by atoms with Gasteiger partial charge in [-0.15, -0.1) is 16.8 Å². The van der Waals surface area contributed by atoms with Crippen molar-refractivity contribution < 1.29 is 18.8 Å². The predicted octanol–water partition coefficient (Wildman–Crippen LogP) is 1.87. The number of hydrogen-bond donors (Lipinski definition) is 0. The van der Waals surface area contributed by atoms with Gasteiger partial charge in [0.2, 0.25) is 11.8 Å². The molecule has 0 bridgehead atoms. The van der Waals surface area contributed by atoms with Gasteiger partial charge in [-0.1, -0.05) is 23.7 Å². The zero-order valence-electron chi connectivity index (χ0n) is 12.3. The van der Waals surface area contributed by atoms with Gasteiger partial charge < -0.3 is 4.42 Å². The van der Waals surface area contributed by atoms with Crippen LogP contribution in [0.1, 0.15) is 5.89 Å². The maximum absolute atomic E-state index is 12.1. The first-order valence-corrected chi connectivity index (χ1v) is 7.25. The SMILES string of the molecule is C=CCN1C(=O)C(=O)N(Cc2nnc(-c3cccc(Cl)c3)o2)C1=O. The van der Waals surface area contributed by atoms with Crippen LogP contribution in [0.3, 0.4) is 0 Å². The number of urea groups is 1. The number of imide groups is 2. The van der Waals surface area contributed by atoms with Gasteiger partial charge in [-0.05, 0) is 18.2 Å². The summed E-state index contributed by atoms with van der Waals surface area (Å²) in [5.41, 5.74) is 0.602. The van der Waals surface area contributed by atoms with Crippen LogP contribution in [0, 0.1) is 0 Å². The maximum atomic E-state index is 12.1. The van der Waals surface area contributed by atoms with Crippen LogP contribution >= 0.6 is 11.6 Å². The summed E-state index contributed by atoms with van der Waals surface area (Å²) in [5.74, 6) is -1.63. The summed E-state index contributed by atoms with van der Waals surface area (Å²) in [6, 6.07) is 6.04. The third kappa shape index (κ3) is 2.79. The van der Waals surface area contributed by atoms with Crippen molar-refractivity contribution >= 4 is 29.4 Å². The molecule has 0 spiro atoms. The van der Waals surface area contributed by atoms with Crippen molar-refractivity contribution in [3.05, 3.63) is 47.8 Å². The highest BCUT2D eigenvalue weighted by Gasteiger charge is 2.44. The lowest BCUT2D eigenvalue weighted by molar-refractivity contribution is -0.143. The number of hydrogen-bond acceptors (Lipinski definition) is 6. The molecule has 0 radical (unpaired) electrons. The smallest absolute Gasteiger partial charge is 0.335 e. The minimum atomic E-state index is -0.940. The number of carbonyl (C=O) groups excluding carboxylic acids is 3.